The van der Waals surface area contributed by atoms with E-state index >= 15 is 0 Å². The highest BCUT2D eigenvalue weighted by Crippen LogP contribution is 2.24. The SMILES string of the molecule is O=C(O)CNC(=O)c1ccc(-c2cccc(NC(=O)NC3CC3)c2)cc1. The van der Waals surface area contributed by atoms with E-state index < -0.39 is 18.4 Å². The molecule has 1 aliphatic carbocycles. The molecule has 2 aromatic rings. The van der Waals surface area contributed by atoms with Gasteiger partial charge in [0, 0.05) is 17.3 Å². The molecule has 3 rings (SSSR count). The van der Waals surface area contributed by atoms with Gasteiger partial charge in [-0.25, -0.2) is 4.79 Å². The fraction of sp³-hybridized carbons (Fsp3) is 0.211. The molecule has 1 fully saturated rings. The van der Waals surface area contributed by atoms with Crippen LogP contribution in [-0.4, -0.2) is 35.6 Å². The topological polar surface area (TPSA) is 108 Å². The lowest BCUT2D eigenvalue weighted by molar-refractivity contribution is -0.135. The van der Waals surface area contributed by atoms with Crippen molar-refractivity contribution in [2.75, 3.05) is 11.9 Å². The van der Waals surface area contributed by atoms with Crippen LogP contribution in [0.25, 0.3) is 11.1 Å². The Morgan fingerprint density at radius 3 is 2.38 bits per heavy atom. The second kappa shape index (κ2) is 7.69. The third-order valence-corrected chi connectivity index (χ3v) is 3.91. The van der Waals surface area contributed by atoms with E-state index in [9.17, 15) is 14.4 Å². The van der Waals surface area contributed by atoms with E-state index in [2.05, 4.69) is 16.0 Å². The Labute approximate surface area is 150 Å². The lowest BCUT2D eigenvalue weighted by Crippen LogP contribution is -2.30. The molecular formula is C19H19N3O4. The number of hydrogen-bond donors (Lipinski definition) is 4. The molecule has 1 aliphatic rings. The predicted octanol–water partition coefficient (Wildman–Crippen LogP) is 2.45. The number of amides is 3. The van der Waals surface area contributed by atoms with Crippen molar-refractivity contribution in [3.63, 3.8) is 0 Å². The molecule has 0 saturated heterocycles. The van der Waals surface area contributed by atoms with E-state index in [-0.39, 0.29) is 12.1 Å². The summed E-state index contributed by atoms with van der Waals surface area (Å²) in [5.41, 5.74) is 2.84. The van der Waals surface area contributed by atoms with Crippen molar-refractivity contribution >= 4 is 23.6 Å². The van der Waals surface area contributed by atoms with Crippen LogP contribution in [0.3, 0.4) is 0 Å². The third kappa shape index (κ3) is 4.83. The van der Waals surface area contributed by atoms with Gasteiger partial charge < -0.3 is 21.1 Å². The van der Waals surface area contributed by atoms with Gasteiger partial charge >= 0.3 is 12.0 Å². The molecule has 0 atom stereocenters. The summed E-state index contributed by atoms with van der Waals surface area (Å²) in [5.74, 6) is -1.53. The van der Waals surface area contributed by atoms with E-state index in [1.165, 1.54) is 0 Å². The van der Waals surface area contributed by atoms with E-state index in [0.717, 1.165) is 24.0 Å². The fourth-order valence-corrected chi connectivity index (χ4v) is 2.43. The maximum absolute atomic E-state index is 11.8. The van der Waals surface area contributed by atoms with E-state index in [4.69, 9.17) is 5.11 Å². The van der Waals surface area contributed by atoms with Crippen LogP contribution in [-0.2, 0) is 4.79 Å². The summed E-state index contributed by atoms with van der Waals surface area (Å²) in [4.78, 5) is 34.2. The van der Waals surface area contributed by atoms with Gasteiger partial charge in [-0.05, 0) is 48.2 Å². The van der Waals surface area contributed by atoms with Crippen LogP contribution in [0.5, 0.6) is 0 Å². The van der Waals surface area contributed by atoms with Gasteiger partial charge in [0.15, 0.2) is 0 Å². The minimum Gasteiger partial charge on any atom is -0.480 e. The highest BCUT2D eigenvalue weighted by atomic mass is 16.4. The summed E-state index contributed by atoms with van der Waals surface area (Å²) in [6.45, 7) is -0.419. The predicted molar refractivity (Wildman–Crippen MR) is 97.0 cm³/mol. The van der Waals surface area contributed by atoms with Gasteiger partial charge in [-0.2, -0.15) is 0 Å². The Kier molecular flexibility index (Phi) is 5.17. The van der Waals surface area contributed by atoms with Crippen molar-refractivity contribution in [2.45, 2.75) is 18.9 Å². The maximum atomic E-state index is 11.8. The Morgan fingerprint density at radius 1 is 1.00 bits per heavy atom. The van der Waals surface area contributed by atoms with Gasteiger partial charge in [-0.15, -0.1) is 0 Å². The van der Waals surface area contributed by atoms with Crippen LogP contribution in [0.4, 0.5) is 10.5 Å². The van der Waals surface area contributed by atoms with Gasteiger partial charge in [0.25, 0.3) is 5.91 Å². The van der Waals surface area contributed by atoms with Crippen molar-refractivity contribution in [2.24, 2.45) is 0 Å². The van der Waals surface area contributed by atoms with E-state index in [0.29, 0.717) is 11.3 Å². The van der Waals surface area contributed by atoms with Crippen molar-refractivity contribution in [3.8, 4) is 11.1 Å². The molecular weight excluding hydrogens is 334 g/mol. The molecule has 4 N–H and O–H groups in total. The molecule has 26 heavy (non-hydrogen) atoms. The van der Waals surface area contributed by atoms with Crippen LogP contribution >= 0.6 is 0 Å². The molecule has 1 saturated carbocycles. The van der Waals surface area contributed by atoms with Gasteiger partial charge in [0.05, 0.1) is 0 Å². The average molecular weight is 353 g/mol. The molecule has 2 aromatic carbocycles. The van der Waals surface area contributed by atoms with Crippen molar-refractivity contribution in [1.82, 2.24) is 10.6 Å². The van der Waals surface area contributed by atoms with Crippen LogP contribution in [0.1, 0.15) is 23.2 Å². The normalized spacial score (nSPS) is 12.9. The number of urea groups is 1. The first-order valence-electron chi connectivity index (χ1n) is 8.29. The third-order valence-electron chi connectivity index (χ3n) is 3.91. The summed E-state index contributed by atoms with van der Waals surface area (Å²) in [6.07, 6.45) is 2.06. The second-order valence-electron chi connectivity index (χ2n) is 6.11. The smallest absolute Gasteiger partial charge is 0.322 e. The monoisotopic (exact) mass is 353 g/mol. The first-order valence-corrected chi connectivity index (χ1v) is 8.29. The highest BCUT2D eigenvalue weighted by Gasteiger charge is 2.23. The summed E-state index contributed by atoms with van der Waals surface area (Å²) in [7, 11) is 0. The molecule has 0 aliphatic heterocycles. The molecule has 0 spiro atoms. The number of carbonyl (C=O) groups excluding carboxylic acids is 2. The maximum Gasteiger partial charge on any atom is 0.322 e. The zero-order valence-corrected chi connectivity index (χ0v) is 14.0. The lowest BCUT2D eigenvalue weighted by Gasteiger charge is -2.09. The van der Waals surface area contributed by atoms with Crippen LogP contribution < -0.4 is 16.0 Å². The standard InChI is InChI=1S/C19H19N3O4/c23-17(24)11-20-18(25)13-6-4-12(5-7-13)14-2-1-3-16(10-14)22-19(26)21-15-8-9-15/h1-7,10,15H,8-9,11H2,(H,20,25)(H,23,24)(H2,21,22,26). The van der Waals surface area contributed by atoms with Gasteiger partial charge in [-0.3, -0.25) is 9.59 Å². The first-order chi connectivity index (χ1) is 12.5. The Hall–Kier alpha value is -3.35. The molecule has 7 heteroatoms. The number of benzene rings is 2. The number of nitrogens with one attached hydrogen (secondary N) is 3. The highest BCUT2D eigenvalue weighted by molar-refractivity contribution is 5.96. The Morgan fingerprint density at radius 2 is 1.73 bits per heavy atom. The van der Waals surface area contributed by atoms with E-state index in [1.54, 1.807) is 24.3 Å². The van der Waals surface area contributed by atoms with Crippen molar-refractivity contribution in [1.29, 1.82) is 0 Å². The number of anilines is 1. The second-order valence-corrected chi connectivity index (χ2v) is 6.11. The zero-order valence-electron chi connectivity index (χ0n) is 14.0. The van der Waals surface area contributed by atoms with Gasteiger partial charge in [0.1, 0.15) is 6.54 Å². The van der Waals surface area contributed by atoms with E-state index in [1.807, 2.05) is 24.3 Å². The van der Waals surface area contributed by atoms with Crippen LogP contribution in [0.15, 0.2) is 48.5 Å². The molecule has 0 aromatic heterocycles. The van der Waals surface area contributed by atoms with Crippen LogP contribution in [0, 0.1) is 0 Å². The number of carbonyl (C=O) groups is 3. The fourth-order valence-electron chi connectivity index (χ4n) is 2.43. The quantitative estimate of drug-likeness (QED) is 0.640. The molecule has 7 nitrogen and oxygen atoms in total. The summed E-state index contributed by atoms with van der Waals surface area (Å²) in [5, 5.41) is 16.6. The first kappa shape index (κ1) is 17.5. The zero-order chi connectivity index (χ0) is 18.5. The van der Waals surface area contributed by atoms with Crippen molar-refractivity contribution < 1.29 is 19.5 Å². The van der Waals surface area contributed by atoms with Crippen LogP contribution in [0.2, 0.25) is 0 Å². The summed E-state index contributed by atoms with van der Waals surface area (Å²) in [6, 6.07) is 14.3. The minimum absolute atomic E-state index is 0.213. The minimum atomic E-state index is -1.09. The summed E-state index contributed by atoms with van der Waals surface area (Å²) >= 11 is 0. The number of rotatable bonds is 6. The number of carboxylic acids is 1. The molecule has 0 radical (unpaired) electrons. The number of aliphatic carboxylic acids is 1. The molecule has 0 bridgehead atoms. The molecule has 0 heterocycles. The molecule has 3 amide bonds. The number of hydrogen-bond acceptors (Lipinski definition) is 3. The Balaban J connectivity index is 1.66. The average Bonchev–Trinajstić information content (AvgIpc) is 3.44. The Bertz CT molecular complexity index is 829. The van der Waals surface area contributed by atoms with Crippen molar-refractivity contribution in [3.05, 3.63) is 54.1 Å². The largest absolute Gasteiger partial charge is 0.480 e. The molecule has 134 valence electrons. The van der Waals surface area contributed by atoms with Gasteiger partial charge in [-0.1, -0.05) is 24.3 Å². The number of carboxylic acid groups (broad SMARTS) is 1. The summed E-state index contributed by atoms with van der Waals surface area (Å²) < 4.78 is 0. The van der Waals surface area contributed by atoms with Gasteiger partial charge in [0.2, 0.25) is 0 Å². The molecule has 0 unspecified atom stereocenters. The lowest BCUT2D eigenvalue weighted by atomic mass is 10.0.